The second-order valence-corrected chi connectivity index (χ2v) is 9.06. The fourth-order valence-corrected chi connectivity index (χ4v) is 4.65. The van der Waals surface area contributed by atoms with E-state index in [1.165, 1.54) is 75.3 Å². The maximum Gasteiger partial charge on any atom is 0.0249 e. The van der Waals surface area contributed by atoms with Gasteiger partial charge in [0.25, 0.3) is 0 Å². The summed E-state index contributed by atoms with van der Waals surface area (Å²) in [6.07, 6.45) is 16.9. The summed E-state index contributed by atoms with van der Waals surface area (Å²) in [5.41, 5.74) is 4.91. The SMILES string of the molecule is C=CCc1ccc(C#Cc2ccc(CCC3CCC(CCCCC)CC3)cc2)cc1. The van der Waals surface area contributed by atoms with Crippen LogP contribution in [0, 0.1) is 23.7 Å². The highest BCUT2D eigenvalue weighted by molar-refractivity contribution is 5.44. The zero-order valence-electron chi connectivity index (χ0n) is 18.8. The molecule has 0 amide bonds. The van der Waals surface area contributed by atoms with Crippen LogP contribution < -0.4 is 0 Å². The Kier molecular flexibility index (Phi) is 9.30. The summed E-state index contributed by atoms with van der Waals surface area (Å²) < 4.78 is 0. The number of benzene rings is 2. The highest BCUT2D eigenvalue weighted by atomic mass is 14.3. The van der Waals surface area contributed by atoms with Crippen LogP contribution in [-0.4, -0.2) is 0 Å². The number of rotatable bonds is 9. The summed E-state index contributed by atoms with van der Waals surface area (Å²) in [6.45, 7) is 6.09. The van der Waals surface area contributed by atoms with Crippen molar-refractivity contribution < 1.29 is 0 Å². The van der Waals surface area contributed by atoms with Crippen LogP contribution in [-0.2, 0) is 12.8 Å². The first-order valence-corrected chi connectivity index (χ1v) is 12.1. The lowest BCUT2D eigenvalue weighted by molar-refractivity contribution is 0.249. The van der Waals surface area contributed by atoms with Crippen molar-refractivity contribution in [2.45, 2.75) is 77.6 Å². The summed E-state index contributed by atoms with van der Waals surface area (Å²) in [7, 11) is 0. The van der Waals surface area contributed by atoms with Crippen molar-refractivity contribution in [2.24, 2.45) is 11.8 Å². The first-order valence-electron chi connectivity index (χ1n) is 12.1. The Morgan fingerprint density at radius 1 is 0.767 bits per heavy atom. The third kappa shape index (κ3) is 7.53. The van der Waals surface area contributed by atoms with Crippen LogP contribution in [0.25, 0.3) is 0 Å². The second-order valence-electron chi connectivity index (χ2n) is 9.06. The van der Waals surface area contributed by atoms with Gasteiger partial charge in [0.1, 0.15) is 0 Å². The highest BCUT2D eigenvalue weighted by Gasteiger charge is 2.20. The molecule has 1 aliphatic carbocycles. The molecule has 1 saturated carbocycles. The zero-order valence-corrected chi connectivity index (χ0v) is 18.8. The molecule has 0 spiro atoms. The third-order valence-electron chi connectivity index (χ3n) is 6.66. The molecule has 0 nitrogen and oxygen atoms in total. The summed E-state index contributed by atoms with van der Waals surface area (Å²) in [5.74, 6) is 8.54. The number of allylic oxidation sites excluding steroid dienone is 1. The van der Waals surface area contributed by atoms with Crippen LogP contribution >= 0.6 is 0 Å². The molecule has 2 aromatic rings. The van der Waals surface area contributed by atoms with E-state index in [2.05, 4.69) is 73.9 Å². The first-order chi connectivity index (χ1) is 14.8. The minimum atomic E-state index is 0.912. The van der Waals surface area contributed by atoms with Crippen LogP contribution in [0.1, 0.15) is 87.0 Å². The van der Waals surface area contributed by atoms with E-state index in [1.807, 2.05) is 6.08 Å². The molecule has 30 heavy (non-hydrogen) atoms. The molecule has 0 heterocycles. The minimum Gasteiger partial charge on any atom is -0.103 e. The van der Waals surface area contributed by atoms with Gasteiger partial charge in [0.2, 0.25) is 0 Å². The molecule has 0 saturated heterocycles. The van der Waals surface area contributed by atoms with Crippen molar-refractivity contribution in [3.8, 4) is 11.8 Å². The number of hydrogen-bond donors (Lipinski definition) is 0. The van der Waals surface area contributed by atoms with Gasteiger partial charge in [-0.2, -0.15) is 0 Å². The zero-order chi connectivity index (χ0) is 21.0. The molecule has 0 N–H and O–H groups in total. The average Bonchev–Trinajstić information content (AvgIpc) is 2.79. The largest absolute Gasteiger partial charge is 0.103 e. The Balaban J connectivity index is 1.41. The Labute approximate surface area is 184 Å². The molecule has 3 rings (SSSR count). The molecule has 0 unspecified atom stereocenters. The van der Waals surface area contributed by atoms with Crippen molar-refractivity contribution in [1.82, 2.24) is 0 Å². The predicted molar refractivity (Wildman–Crippen MR) is 131 cm³/mol. The van der Waals surface area contributed by atoms with Gasteiger partial charge in [0.05, 0.1) is 0 Å². The smallest absolute Gasteiger partial charge is 0.0249 e. The maximum absolute atomic E-state index is 3.79. The van der Waals surface area contributed by atoms with Gasteiger partial charge in [-0.05, 0) is 66.5 Å². The van der Waals surface area contributed by atoms with Gasteiger partial charge in [-0.3, -0.25) is 0 Å². The van der Waals surface area contributed by atoms with Crippen molar-refractivity contribution in [3.63, 3.8) is 0 Å². The van der Waals surface area contributed by atoms with E-state index in [0.717, 1.165) is 29.4 Å². The van der Waals surface area contributed by atoms with E-state index in [0.29, 0.717) is 0 Å². The maximum atomic E-state index is 3.79. The van der Waals surface area contributed by atoms with E-state index < -0.39 is 0 Å². The van der Waals surface area contributed by atoms with Gasteiger partial charge in [-0.25, -0.2) is 0 Å². The molecule has 0 radical (unpaired) electrons. The normalized spacial score (nSPS) is 18.4. The third-order valence-corrected chi connectivity index (χ3v) is 6.66. The van der Waals surface area contributed by atoms with Crippen LogP contribution in [0.4, 0.5) is 0 Å². The Bertz CT molecular complexity index is 805. The Morgan fingerprint density at radius 3 is 1.83 bits per heavy atom. The second kappa shape index (κ2) is 12.4. The van der Waals surface area contributed by atoms with Gasteiger partial charge in [-0.15, -0.1) is 6.58 Å². The highest BCUT2D eigenvalue weighted by Crippen LogP contribution is 2.34. The van der Waals surface area contributed by atoms with Gasteiger partial charge in [0, 0.05) is 11.1 Å². The molecular formula is C30H38. The van der Waals surface area contributed by atoms with Crippen molar-refractivity contribution in [3.05, 3.63) is 83.4 Å². The van der Waals surface area contributed by atoms with Crippen molar-refractivity contribution in [2.75, 3.05) is 0 Å². The fraction of sp³-hybridized carbons (Fsp3) is 0.467. The van der Waals surface area contributed by atoms with Crippen LogP contribution in [0.15, 0.2) is 61.2 Å². The molecule has 1 aliphatic rings. The lowest BCUT2D eigenvalue weighted by Crippen LogP contribution is -2.15. The van der Waals surface area contributed by atoms with Crippen LogP contribution in [0.3, 0.4) is 0 Å². The van der Waals surface area contributed by atoms with Crippen molar-refractivity contribution >= 4 is 0 Å². The fourth-order valence-electron chi connectivity index (χ4n) is 4.65. The summed E-state index contributed by atoms with van der Waals surface area (Å²) in [6, 6.07) is 17.4. The monoisotopic (exact) mass is 398 g/mol. The molecule has 0 bridgehead atoms. The van der Waals surface area contributed by atoms with E-state index in [1.54, 1.807) is 0 Å². The van der Waals surface area contributed by atoms with Gasteiger partial charge < -0.3 is 0 Å². The lowest BCUT2D eigenvalue weighted by Gasteiger charge is -2.28. The van der Waals surface area contributed by atoms with Gasteiger partial charge >= 0.3 is 0 Å². The van der Waals surface area contributed by atoms with Gasteiger partial charge in [0.15, 0.2) is 0 Å². The van der Waals surface area contributed by atoms with Gasteiger partial charge in [-0.1, -0.05) is 100 Å². The van der Waals surface area contributed by atoms with E-state index >= 15 is 0 Å². The molecule has 158 valence electrons. The molecule has 0 heteroatoms. The van der Waals surface area contributed by atoms with E-state index in [9.17, 15) is 0 Å². The minimum absolute atomic E-state index is 0.912. The van der Waals surface area contributed by atoms with Crippen LogP contribution in [0.5, 0.6) is 0 Å². The summed E-state index contributed by atoms with van der Waals surface area (Å²) in [4.78, 5) is 0. The number of aryl methyl sites for hydroxylation is 1. The molecular weight excluding hydrogens is 360 g/mol. The standard InChI is InChI=1S/C30H38/c1-3-5-6-8-26-11-15-28(16-12-26)18-20-30-23-21-29(22-24-30)19-17-27-13-9-25(7-4-2)10-14-27/h4,9-10,13-14,21-24,26,28H,2-3,5-8,11-12,15-16,18,20H2,1H3. The first kappa shape index (κ1) is 22.4. The number of hydrogen-bond acceptors (Lipinski definition) is 0. The van der Waals surface area contributed by atoms with E-state index in [4.69, 9.17) is 0 Å². The quantitative estimate of drug-likeness (QED) is 0.227. The Morgan fingerprint density at radius 2 is 1.30 bits per heavy atom. The molecule has 0 aromatic heterocycles. The summed E-state index contributed by atoms with van der Waals surface area (Å²) >= 11 is 0. The molecule has 1 fully saturated rings. The topological polar surface area (TPSA) is 0 Å². The molecule has 0 aliphatic heterocycles. The predicted octanol–water partition coefficient (Wildman–Crippen LogP) is 8.13. The lowest BCUT2D eigenvalue weighted by atomic mass is 9.78. The summed E-state index contributed by atoms with van der Waals surface area (Å²) in [5, 5.41) is 0. The van der Waals surface area contributed by atoms with E-state index in [-0.39, 0.29) is 0 Å². The molecule has 2 aromatic carbocycles. The Hall–Kier alpha value is -2.26. The van der Waals surface area contributed by atoms with Crippen molar-refractivity contribution in [1.29, 1.82) is 0 Å². The van der Waals surface area contributed by atoms with Crippen LogP contribution in [0.2, 0.25) is 0 Å². The number of unbranched alkanes of at least 4 members (excludes halogenated alkanes) is 2. The average molecular weight is 399 g/mol. The molecule has 0 atom stereocenters.